The molecule has 0 atom stereocenters. The molecule has 1 heterocycles. The third-order valence-corrected chi connectivity index (χ3v) is 3.57. The molecule has 2 rings (SSSR count). The van der Waals surface area contributed by atoms with Crippen LogP contribution >= 0.6 is 27.5 Å². The molecule has 0 unspecified atom stereocenters. The second kappa shape index (κ2) is 7.02. The van der Waals surface area contributed by atoms with E-state index in [4.69, 9.17) is 16.3 Å². The van der Waals surface area contributed by atoms with Gasteiger partial charge in [0.1, 0.15) is 5.75 Å². The average molecular weight is 357 g/mol. The van der Waals surface area contributed by atoms with Crippen LogP contribution in [0.4, 0.5) is 0 Å². The highest BCUT2D eigenvalue weighted by Gasteiger charge is 2.08. The lowest BCUT2D eigenvalue weighted by atomic mass is 10.2. The summed E-state index contributed by atoms with van der Waals surface area (Å²) in [5, 5.41) is 3.89. The molecular formula is C14H15BrClN3O. The third kappa shape index (κ3) is 3.91. The lowest BCUT2D eigenvalue weighted by molar-refractivity contribution is 0.436. The number of halogens is 2. The summed E-state index contributed by atoms with van der Waals surface area (Å²) in [5.74, 6) is 0.633. The highest BCUT2D eigenvalue weighted by Crippen LogP contribution is 2.30. The van der Waals surface area contributed by atoms with E-state index in [9.17, 15) is 0 Å². The molecule has 1 N–H and O–H groups in total. The molecule has 0 saturated carbocycles. The smallest absolute Gasteiger partial charge is 0.322 e. The van der Waals surface area contributed by atoms with Gasteiger partial charge in [0, 0.05) is 29.0 Å². The Kier molecular flexibility index (Phi) is 5.34. The molecule has 0 bridgehead atoms. The van der Waals surface area contributed by atoms with Gasteiger partial charge in [0.05, 0.1) is 4.47 Å². The molecule has 0 saturated heterocycles. The first-order valence-electron chi connectivity index (χ1n) is 6.26. The number of aryl methyl sites for hydroxylation is 1. The quantitative estimate of drug-likeness (QED) is 0.876. The van der Waals surface area contributed by atoms with Crippen molar-refractivity contribution in [2.24, 2.45) is 0 Å². The molecule has 2 aromatic rings. The molecule has 20 heavy (non-hydrogen) atoms. The molecule has 0 aliphatic heterocycles. The van der Waals surface area contributed by atoms with Crippen LogP contribution in [0.3, 0.4) is 0 Å². The normalized spacial score (nSPS) is 10.6. The standard InChI is InChI=1S/C14H15BrClN3O/c1-3-17-7-10-8-18-14(19-9(10)2)20-13-5-4-11(16)6-12(13)15/h4-6,8,17H,3,7H2,1-2H3. The lowest BCUT2D eigenvalue weighted by Crippen LogP contribution is -2.13. The Balaban J connectivity index is 2.15. The summed E-state index contributed by atoms with van der Waals surface area (Å²) in [5.41, 5.74) is 1.97. The highest BCUT2D eigenvalue weighted by molar-refractivity contribution is 9.10. The molecule has 1 aromatic carbocycles. The number of nitrogens with one attached hydrogen (secondary N) is 1. The minimum Gasteiger partial charge on any atom is -0.423 e. The minimum atomic E-state index is 0.325. The van der Waals surface area contributed by atoms with Crippen molar-refractivity contribution in [1.82, 2.24) is 15.3 Å². The van der Waals surface area contributed by atoms with Gasteiger partial charge in [0.25, 0.3) is 0 Å². The second-order valence-corrected chi connectivity index (χ2v) is 5.51. The summed E-state index contributed by atoms with van der Waals surface area (Å²) in [7, 11) is 0. The van der Waals surface area contributed by atoms with Gasteiger partial charge in [-0.15, -0.1) is 0 Å². The summed E-state index contributed by atoms with van der Waals surface area (Å²) in [6.07, 6.45) is 1.78. The number of aromatic nitrogens is 2. The zero-order valence-electron chi connectivity index (χ0n) is 11.3. The van der Waals surface area contributed by atoms with Crippen LogP contribution in [0.5, 0.6) is 11.8 Å². The molecule has 0 radical (unpaired) electrons. The van der Waals surface area contributed by atoms with Gasteiger partial charge >= 0.3 is 6.01 Å². The Morgan fingerprint density at radius 2 is 2.20 bits per heavy atom. The Bertz CT molecular complexity index is 607. The summed E-state index contributed by atoms with van der Waals surface area (Å²) in [6, 6.07) is 5.63. The second-order valence-electron chi connectivity index (χ2n) is 4.22. The van der Waals surface area contributed by atoms with E-state index in [0.717, 1.165) is 28.8 Å². The first-order chi connectivity index (χ1) is 9.60. The molecule has 6 heteroatoms. The van der Waals surface area contributed by atoms with Gasteiger partial charge in [-0.25, -0.2) is 4.98 Å². The Morgan fingerprint density at radius 1 is 1.40 bits per heavy atom. The fourth-order valence-electron chi connectivity index (χ4n) is 1.61. The molecule has 4 nitrogen and oxygen atoms in total. The highest BCUT2D eigenvalue weighted by atomic mass is 79.9. The molecule has 1 aromatic heterocycles. The number of ether oxygens (including phenoxy) is 1. The van der Waals surface area contributed by atoms with E-state index in [1.807, 2.05) is 6.92 Å². The predicted molar refractivity (Wildman–Crippen MR) is 83.4 cm³/mol. The summed E-state index contributed by atoms with van der Waals surface area (Å²) >= 11 is 9.29. The molecule has 106 valence electrons. The number of benzene rings is 1. The van der Waals surface area contributed by atoms with Gasteiger partial charge in [-0.1, -0.05) is 18.5 Å². The molecule has 0 amide bonds. The van der Waals surface area contributed by atoms with Crippen molar-refractivity contribution in [3.05, 3.63) is 45.1 Å². The summed E-state index contributed by atoms with van der Waals surface area (Å²) < 4.78 is 6.42. The van der Waals surface area contributed by atoms with Crippen LogP contribution < -0.4 is 10.1 Å². The van der Waals surface area contributed by atoms with E-state index in [1.54, 1.807) is 24.4 Å². The van der Waals surface area contributed by atoms with E-state index in [0.29, 0.717) is 16.8 Å². The van der Waals surface area contributed by atoms with Crippen LogP contribution in [0.15, 0.2) is 28.9 Å². The van der Waals surface area contributed by atoms with E-state index >= 15 is 0 Å². The van der Waals surface area contributed by atoms with Crippen molar-refractivity contribution in [3.8, 4) is 11.8 Å². The monoisotopic (exact) mass is 355 g/mol. The fourth-order valence-corrected chi connectivity index (χ4v) is 2.37. The Hall–Kier alpha value is -1.17. The van der Waals surface area contributed by atoms with Gasteiger partial charge in [-0.2, -0.15) is 4.98 Å². The van der Waals surface area contributed by atoms with Gasteiger partial charge in [0.2, 0.25) is 0 Å². The third-order valence-electron chi connectivity index (χ3n) is 2.72. The predicted octanol–water partition coefficient (Wildman–Crippen LogP) is 4.10. The topological polar surface area (TPSA) is 47.0 Å². The van der Waals surface area contributed by atoms with Gasteiger partial charge < -0.3 is 10.1 Å². The summed E-state index contributed by atoms with van der Waals surface area (Å²) in [4.78, 5) is 8.58. The van der Waals surface area contributed by atoms with E-state index in [-0.39, 0.29) is 0 Å². The number of rotatable bonds is 5. The molecular weight excluding hydrogens is 342 g/mol. The maximum Gasteiger partial charge on any atom is 0.322 e. The zero-order valence-corrected chi connectivity index (χ0v) is 13.6. The van der Waals surface area contributed by atoms with Crippen molar-refractivity contribution in [2.75, 3.05) is 6.54 Å². The van der Waals surface area contributed by atoms with Crippen LogP contribution in [0.1, 0.15) is 18.2 Å². The molecule has 0 fully saturated rings. The SMILES string of the molecule is CCNCc1cnc(Oc2ccc(Cl)cc2Br)nc1C. The Morgan fingerprint density at radius 3 is 2.85 bits per heavy atom. The zero-order chi connectivity index (χ0) is 14.5. The van der Waals surface area contributed by atoms with E-state index in [2.05, 4.69) is 38.1 Å². The first-order valence-corrected chi connectivity index (χ1v) is 7.43. The fraction of sp³-hybridized carbons (Fsp3) is 0.286. The minimum absolute atomic E-state index is 0.325. The van der Waals surface area contributed by atoms with Crippen molar-refractivity contribution in [3.63, 3.8) is 0 Å². The summed E-state index contributed by atoms with van der Waals surface area (Å²) in [6.45, 7) is 5.67. The first kappa shape index (κ1) is 15.2. The number of nitrogens with zero attached hydrogens (tertiary/aromatic N) is 2. The number of hydrogen-bond acceptors (Lipinski definition) is 4. The van der Waals surface area contributed by atoms with Gasteiger partial charge in [-0.05, 0) is 47.6 Å². The van der Waals surface area contributed by atoms with E-state index < -0.39 is 0 Å². The van der Waals surface area contributed by atoms with Crippen LogP contribution in [-0.2, 0) is 6.54 Å². The van der Waals surface area contributed by atoms with Gasteiger partial charge in [-0.3, -0.25) is 0 Å². The maximum atomic E-state index is 5.89. The number of hydrogen-bond donors (Lipinski definition) is 1. The van der Waals surface area contributed by atoms with Crippen molar-refractivity contribution in [2.45, 2.75) is 20.4 Å². The van der Waals surface area contributed by atoms with Crippen molar-refractivity contribution >= 4 is 27.5 Å². The largest absolute Gasteiger partial charge is 0.423 e. The average Bonchev–Trinajstić information content (AvgIpc) is 2.41. The van der Waals surface area contributed by atoms with Crippen molar-refractivity contribution in [1.29, 1.82) is 0 Å². The lowest BCUT2D eigenvalue weighted by Gasteiger charge is -2.09. The molecule has 0 spiro atoms. The van der Waals surface area contributed by atoms with Crippen LogP contribution in [-0.4, -0.2) is 16.5 Å². The van der Waals surface area contributed by atoms with Crippen LogP contribution in [0.2, 0.25) is 5.02 Å². The van der Waals surface area contributed by atoms with Crippen molar-refractivity contribution < 1.29 is 4.74 Å². The molecule has 0 aliphatic rings. The maximum absolute atomic E-state index is 5.89. The van der Waals surface area contributed by atoms with Crippen LogP contribution in [0.25, 0.3) is 0 Å². The van der Waals surface area contributed by atoms with E-state index in [1.165, 1.54) is 0 Å². The Labute approximate surface area is 131 Å². The molecule has 0 aliphatic carbocycles. The van der Waals surface area contributed by atoms with Crippen LogP contribution in [0, 0.1) is 6.92 Å². The van der Waals surface area contributed by atoms with Gasteiger partial charge in [0.15, 0.2) is 0 Å².